The average Bonchev–Trinajstić information content (AvgIpc) is 2.28. The van der Waals surface area contributed by atoms with Gasteiger partial charge in [0.2, 0.25) is 0 Å². The smallest absolute Gasteiger partial charge is 0.265 e. The van der Waals surface area contributed by atoms with E-state index in [1.165, 1.54) is 6.26 Å². The number of pyridine rings is 1. The fourth-order valence-electron chi connectivity index (χ4n) is 1.26. The van der Waals surface area contributed by atoms with Crippen molar-refractivity contribution in [1.29, 1.82) is 0 Å². The van der Waals surface area contributed by atoms with Crippen molar-refractivity contribution in [2.24, 2.45) is 15.3 Å². The van der Waals surface area contributed by atoms with Crippen molar-refractivity contribution < 1.29 is 9.42 Å². The molecule has 6 nitrogen and oxygen atoms in total. The quantitative estimate of drug-likeness (QED) is 0.360. The van der Waals surface area contributed by atoms with Crippen molar-refractivity contribution >= 4 is 15.7 Å². The fourth-order valence-corrected chi connectivity index (χ4v) is 2.47. The first kappa shape index (κ1) is 13.4. The van der Waals surface area contributed by atoms with Gasteiger partial charge in [-0.15, -0.1) is 0 Å². The molecule has 0 aliphatic heterocycles. The molecule has 1 aromatic rings. The number of guanidine groups is 1. The van der Waals surface area contributed by atoms with Crippen molar-refractivity contribution in [3.8, 4) is 0 Å². The second-order valence-corrected chi connectivity index (χ2v) is 6.40. The number of aromatic nitrogens is 1. The van der Waals surface area contributed by atoms with Crippen LogP contribution in [0.25, 0.3) is 0 Å². The van der Waals surface area contributed by atoms with E-state index in [0.717, 1.165) is 11.3 Å². The maximum atomic E-state index is 12.3. The summed E-state index contributed by atoms with van der Waals surface area (Å²) in [6, 6.07) is 3.68. The van der Waals surface area contributed by atoms with Crippen LogP contribution in [-0.4, -0.2) is 26.6 Å². The molecular formula is C10H16N4O2S. The molecule has 2 atom stereocenters. The number of rotatable bonds is 2. The van der Waals surface area contributed by atoms with Crippen LogP contribution < -0.4 is 5.73 Å². The van der Waals surface area contributed by atoms with Gasteiger partial charge in [-0.1, -0.05) is 6.07 Å². The highest BCUT2D eigenvalue weighted by Crippen LogP contribution is 2.22. The van der Waals surface area contributed by atoms with Gasteiger partial charge >= 0.3 is 0 Å². The Kier molecular flexibility index (Phi) is 4.06. The standard InChI is InChI=1S/C10H16N4O2S/c1-7-4-5-9(6-12-7)8(2)17(3,16)14-10(11)13-15/h4-6,8,15H,1-3H3,(H2,11,13). The van der Waals surface area contributed by atoms with Crippen molar-refractivity contribution in [3.63, 3.8) is 0 Å². The molecule has 1 rings (SSSR count). The monoisotopic (exact) mass is 256 g/mol. The van der Waals surface area contributed by atoms with Gasteiger partial charge in [0.05, 0.1) is 15.0 Å². The van der Waals surface area contributed by atoms with Crippen molar-refractivity contribution in [1.82, 2.24) is 4.98 Å². The Hall–Kier alpha value is -1.63. The minimum atomic E-state index is -2.62. The minimum Gasteiger partial charge on any atom is -0.408 e. The van der Waals surface area contributed by atoms with E-state index < -0.39 is 9.73 Å². The maximum absolute atomic E-state index is 12.3. The van der Waals surface area contributed by atoms with Crippen molar-refractivity contribution in [2.45, 2.75) is 19.1 Å². The first-order chi connectivity index (χ1) is 7.86. The van der Waals surface area contributed by atoms with Crippen LogP contribution >= 0.6 is 0 Å². The lowest BCUT2D eigenvalue weighted by atomic mass is 10.2. The Labute approximate surface area is 101 Å². The van der Waals surface area contributed by atoms with Gasteiger partial charge in [-0.2, -0.15) is 4.36 Å². The van der Waals surface area contributed by atoms with E-state index in [2.05, 4.69) is 14.5 Å². The molecule has 0 spiro atoms. The highest BCUT2D eigenvalue weighted by molar-refractivity contribution is 7.93. The third kappa shape index (κ3) is 3.42. The van der Waals surface area contributed by atoms with E-state index in [-0.39, 0.29) is 11.2 Å². The van der Waals surface area contributed by atoms with Gasteiger partial charge in [0.15, 0.2) is 0 Å². The first-order valence-corrected chi connectivity index (χ1v) is 6.96. The predicted octanol–water partition coefficient (Wildman–Crippen LogP) is 1.25. The lowest BCUT2D eigenvalue weighted by molar-refractivity contribution is 0.317. The molecule has 1 heterocycles. The molecule has 0 aliphatic rings. The zero-order valence-electron chi connectivity index (χ0n) is 9.99. The average molecular weight is 256 g/mol. The van der Waals surface area contributed by atoms with Crippen LogP contribution in [0.15, 0.2) is 27.8 Å². The molecule has 0 saturated heterocycles. The molecule has 0 aliphatic carbocycles. The zero-order valence-corrected chi connectivity index (χ0v) is 10.8. The maximum Gasteiger partial charge on any atom is 0.265 e. The second kappa shape index (κ2) is 5.13. The molecule has 2 unspecified atom stereocenters. The summed E-state index contributed by atoms with van der Waals surface area (Å²) in [7, 11) is -2.62. The van der Waals surface area contributed by atoms with E-state index >= 15 is 0 Å². The largest absolute Gasteiger partial charge is 0.408 e. The summed E-state index contributed by atoms with van der Waals surface area (Å²) >= 11 is 0. The molecule has 0 aromatic carbocycles. The minimum absolute atomic E-state index is 0.351. The van der Waals surface area contributed by atoms with Crippen LogP contribution in [0.3, 0.4) is 0 Å². The third-order valence-electron chi connectivity index (χ3n) is 2.44. The number of oxime groups is 1. The summed E-state index contributed by atoms with van der Waals surface area (Å²) in [4.78, 5) is 4.13. The predicted molar refractivity (Wildman–Crippen MR) is 67.3 cm³/mol. The number of aryl methyl sites for hydroxylation is 1. The Morgan fingerprint density at radius 3 is 2.71 bits per heavy atom. The third-order valence-corrected chi connectivity index (χ3v) is 4.57. The Bertz CT molecular complexity index is 530. The molecule has 0 bridgehead atoms. The highest BCUT2D eigenvalue weighted by atomic mass is 32.2. The summed E-state index contributed by atoms with van der Waals surface area (Å²) in [5.74, 6) is -0.385. The summed E-state index contributed by atoms with van der Waals surface area (Å²) in [6.07, 6.45) is 3.13. The molecule has 94 valence electrons. The van der Waals surface area contributed by atoms with E-state index in [1.807, 2.05) is 19.1 Å². The molecule has 0 radical (unpaired) electrons. The van der Waals surface area contributed by atoms with Gasteiger partial charge < -0.3 is 10.9 Å². The highest BCUT2D eigenvalue weighted by Gasteiger charge is 2.16. The summed E-state index contributed by atoms with van der Waals surface area (Å²) < 4.78 is 16.0. The van der Waals surface area contributed by atoms with Gasteiger partial charge in [0.25, 0.3) is 5.96 Å². The number of hydrogen-bond acceptors (Lipinski definition) is 4. The van der Waals surface area contributed by atoms with E-state index in [4.69, 9.17) is 10.9 Å². The second-order valence-electron chi connectivity index (χ2n) is 3.79. The topological polar surface area (TPSA) is 101 Å². The van der Waals surface area contributed by atoms with Crippen LogP contribution in [-0.2, 0) is 9.73 Å². The number of hydrogen-bond donors (Lipinski definition) is 2. The van der Waals surface area contributed by atoms with Crippen LogP contribution in [0.2, 0.25) is 0 Å². The molecular weight excluding hydrogens is 240 g/mol. The normalized spacial score (nSPS) is 17.2. The van der Waals surface area contributed by atoms with E-state index in [1.54, 1.807) is 13.1 Å². The van der Waals surface area contributed by atoms with Gasteiger partial charge in [0, 0.05) is 18.1 Å². The summed E-state index contributed by atoms with van der Waals surface area (Å²) in [5, 5.41) is 10.8. The summed E-state index contributed by atoms with van der Waals surface area (Å²) in [6.45, 7) is 3.64. The number of nitrogens with two attached hydrogens (primary N) is 1. The van der Waals surface area contributed by atoms with Gasteiger partial charge in [-0.05, 0) is 30.6 Å². The molecule has 1 aromatic heterocycles. The lowest BCUT2D eigenvalue weighted by Gasteiger charge is -2.13. The van der Waals surface area contributed by atoms with E-state index in [0.29, 0.717) is 0 Å². The van der Waals surface area contributed by atoms with Crippen LogP contribution in [0.4, 0.5) is 0 Å². The van der Waals surface area contributed by atoms with Gasteiger partial charge in [0.1, 0.15) is 0 Å². The SMILES string of the molecule is Cc1ccc(C(C)S(C)(=O)=N/C(N)=N/O)cn1. The van der Waals surface area contributed by atoms with Crippen molar-refractivity contribution in [3.05, 3.63) is 29.6 Å². The fraction of sp³-hybridized carbons (Fsp3) is 0.400. The molecule has 3 N–H and O–H groups in total. The summed E-state index contributed by atoms with van der Waals surface area (Å²) in [5.41, 5.74) is 6.93. The van der Waals surface area contributed by atoms with Crippen LogP contribution in [0, 0.1) is 6.92 Å². The Morgan fingerprint density at radius 2 is 2.24 bits per heavy atom. The molecule has 7 heteroatoms. The van der Waals surface area contributed by atoms with Crippen LogP contribution in [0.5, 0.6) is 0 Å². The zero-order chi connectivity index (χ0) is 13.1. The first-order valence-electron chi connectivity index (χ1n) is 4.98. The molecule has 0 saturated carbocycles. The Balaban J connectivity index is 3.13. The van der Waals surface area contributed by atoms with Crippen LogP contribution in [0.1, 0.15) is 23.4 Å². The van der Waals surface area contributed by atoms with Crippen molar-refractivity contribution in [2.75, 3.05) is 6.26 Å². The molecule has 0 amide bonds. The Morgan fingerprint density at radius 1 is 1.59 bits per heavy atom. The van der Waals surface area contributed by atoms with Gasteiger partial charge in [-0.25, -0.2) is 4.21 Å². The van der Waals surface area contributed by atoms with E-state index in [9.17, 15) is 4.21 Å². The van der Waals surface area contributed by atoms with Gasteiger partial charge in [-0.3, -0.25) is 4.98 Å². The number of nitrogens with zero attached hydrogens (tertiary/aromatic N) is 3. The lowest BCUT2D eigenvalue weighted by Crippen LogP contribution is -2.15. The molecule has 0 fully saturated rings. The molecule has 17 heavy (non-hydrogen) atoms.